The van der Waals surface area contributed by atoms with Gasteiger partial charge in [0.2, 0.25) is 0 Å². The molecule has 1 saturated heterocycles. The first-order valence-corrected chi connectivity index (χ1v) is 6.13. The minimum atomic E-state index is 0.364. The van der Waals surface area contributed by atoms with Crippen LogP contribution in [0.15, 0.2) is 18.2 Å². The van der Waals surface area contributed by atoms with Gasteiger partial charge in [0, 0.05) is 12.1 Å². The molecule has 3 nitrogen and oxygen atoms in total. The van der Waals surface area contributed by atoms with Crippen LogP contribution in [0.3, 0.4) is 0 Å². The fourth-order valence-corrected chi connectivity index (χ4v) is 2.46. The van der Waals surface area contributed by atoms with E-state index in [0.717, 1.165) is 12.7 Å². The maximum atomic E-state index is 11.0. The summed E-state index contributed by atoms with van der Waals surface area (Å²) in [5.74, 6) is 0.646. The van der Waals surface area contributed by atoms with Crippen LogP contribution in [0.2, 0.25) is 0 Å². The van der Waals surface area contributed by atoms with E-state index in [1.807, 2.05) is 18.2 Å². The number of piperidine rings is 1. The maximum Gasteiger partial charge on any atom is 0.153 e. The number of carbonyl (C=O) groups excluding carboxylic acids is 1. The summed E-state index contributed by atoms with van der Waals surface area (Å²) in [4.78, 5) is 11.0. The topological polar surface area (TPSA) is 38.3 Å². The van der Waals surface area contributed by atoms with E-state index < -0.39 is 0 Å². The zero-order valence-electron chi connectivity index (χ0n) is 10.4. The third kappa shape index (κ3) is 2.67. The van der Waals surface area contributed by atoms with Gasteiger partial charge in [0.05, 0.1) is 12.7 Å². The summed E-state index contributed by atoms with van der Waals surface area (Å²) < 4.78 is 5.15. The van der Waals surface area contributed by atoms with Crippen LogP contribution in [-0.4, -0.2) is 19.4 Å². The van der Waals surface area contributed by atoms with Gasteiger partial charge < -0.3 is 10.1 Å². The smallest absolute Gasteiger partial charge is 0.153 e. The second-order valence-corrected chi connectivity index (χ2v) is 4.67. The first kappa shape index (κ1) is 12.1. The lowest BCUT2D eigenvalue weighted by Gasteiger charge is -2.29. The maximum absolute atomic E-state index is 11.0. The zero-order valence-corrected chi connectivity index (χ0v) is 10.4. The van der Waals surface area contributed by atoms with Gasteiger partial charge in [-0.25, -0.2) is 0 Å². The fourth-order valence-electron chi connectivity index (χ4n) is 2.46. The first-order valence-electron chi connectivity index (χ1n) is 6.13. The predicted octanol–water partition coefficient (Wildman–Crippen LogP) is 2.71. The number of nitrogens with one attached hydrogen (secondary N) is 1. The highest BCUT2D eigenvalue weighted by Crippen LogP contribution is 2.28. The quantitative estimate of drug-likeness (QED) is 0.816. The molecule has 2 atom stereocenters. The monoisotopic (exact) mass is 233 g/mol. The highest BCUT2D eigenvalue weighted by Gasteiger charge is 2.20. The van der Waals surface area contributed by atoms with E-state index in [0.29, 0.717) is 23.4 Å². The van der Waals surface area contributed by atoms with Crippen molar-refractivity contribution in [3.8, 4) is 5.75 Å². The molecule has 1 aliphatic heterocycles. The highest BCUT2D eigenvalue weighted by molar-refractivity contribution is 5.79. The van der Waals surface area contributed by atoms with Crippen molar-refractivity contribution in [2.75, 3.05) is 7.11 Å². The zero-order chi connectivity index (χ0) is 12.3. The lowest BCUT2D eigenvalue weighted by Crippen LogP contribution is -2.34. The molecule has 2 rings (SSSR count). The largest absolute Gasteiger partial charge is 0.496 e. The first-order chi connectivity index (χ1) is 8.24. The normalized spacial score (nSPS) is 24.4. The Morgan fingerprint density at radius 3 is 2.88 bits per heavy atom. The third-order valence-electron chi connectivity index (χ3n) is 3.40. The summed E-state index contributed by atoms with van der Waals surface area (Å²) in [6.07, 6.45) is 4.46. The molecule has 0 radical (unpaired) electrons. The molecule has 3 heteroatoms. The lowest BCUT2D eigenvalue weighted by atomic mass is 9.93. The molecular weight excluding hydrogens is 214 g/mol. The molecule has 0 aliphatic carbocycles. The average Bonchev–Trinajstić information content (AvgIpc) is 2.38. The minimum absolute atomic E-state index is 0.364. The number of hydrogen-bond acceptors (Lipinski definition) is 3. The van der Waals surface area contributed by atoms with Crippen LogP contribution in [0.4, 0.5) is 0 Å². The van der Waals surface area contributed by atoms with Crippen molar-refractivity contribution in [3.05, 3.63) is 29.3 Å². The van der Waals surface area contributed by atoms with Crippen molar-refractivity contribution in [1.29, 1.82) is 0 Å². The van der Waals surface area contributed by atoms with E-state index in [1.165, 1.54) is 18.4 Å². The van der Waals surface area contributed by atoms with Crippen LogP contribution in [0.25, 0.3) is 0 Å². The molecule has 92 valence electrons. The van der Waals surface area contributed by atoms with Gasteiger partial charge in [-0.1, -0.05) is 12.5 Å². The van der Waals surface area contributed by atoms with Crippen LogP contribution in [-0.2, 0) is 0 Å². The van der Waals surface area contributed by atoms with E-state index in [-0.39, 0.29) is 0 Å². The molecule has 0 spiro atoms. The van der Waals surface area contributed by atoms with Gasteiger partial charge in [0.25, 0.3) is 0 Å². The fraction of sp³-hybridized carbons (Fsp3) is 0.500. The van der Waals surface area contributed by atoms with Crippen molar-refractivity contribution in [3.63, 3.8) is 0 Å². The molecule has 2 unspecified atom stereocenters. The van der Waals surface area contributed by atoms with E-state index in [2.05, 4.69) is 12.2 Å². The second-order valence-electron chi connectivity index (χ2n) is 4.67. The number of rotatable bonds is 3. The standard InChI is InChI=1S/C14H19NO2/c1-10-4-3-5-13(15-10)11-6-7-14(17-2)12(8-11)9-16/h6-10,13,15H,3-5H2,1-2H3. The Morgan fingerprint density at radius 1 is 1.41 bits per heavy atom. The molecule has 0 amide bonds. The Labute approximate surface area is 102 Å². The van der Waals surface area contributed by atoms with Gasteiger partial charge in [-0.3, -0.25) is 4.79 Å². The summed E-state index contributed by atoms with van der Waals surface area (Å²) in [6.45, 7) is 2.20. The predicted molar refractivity (Wildman–Crippen MR) is 67.6 cm³/mol. The van der Waals surface area contributed by atoms with E-state index in [4.69, 9.17) is 4.74 Å². The molecule has 1 aliphatic rings. The molecule has 0 bridgehead atoms. The van der Waals surface area contributed by atoms with Gasteiger partial charge in [-0.2, -0.15) is 0 Å². The number of benzene rings is 1. The van der Waals surface area contributed by atoms with Gasteiger partial charge >= 0.3 is 0 Å². The molecule has 1 aromatic carbocycles. The van der Waals surface area contributed by atoms with Crippen molar-refractivity contribution < 1.29 is 9.53 Å². The van der Waals surface area contributed by atoms with E-state index in [1.54, 1.807) is 7.11 Å². The average molecular weight is 233 g/mol. The molecule has 1 fully saturated rings. The summed E-state index contributed by atoms with van der Waals surface area (Å²) in [6, 6.07) is 6.77. The van der Waals surface area contributed by atoms with Gasteiger partial charge in [0.15, 0.2) is 6.29 Å². The Hall–Kier alpha value is -1.35. The van der Waals surface area contributed by atoms with Crippen molar-refractivity contribution in [1.82, 2.24) is 5.32 Å². The second kappa shape index (κ2) is 5.32. The SMILES string of the molecule is COc1ccc(C2CCCC(C)N2)cc1C=O. The van der Waals surface area contributed by atoms with Crippen LogP contribution in [0.1, 0.15) is 48.1 Å². The third-order valence-corrected chi connectivity index (χ3v) is 3.40. The molecule has 17 heavy (non-hydrogen) atoms. The molecular formula is C14H19NO2. The van der Waals surface area contributed by atoms with Crippen molar-refractivity contribution in [2.45, 2.75) is 38.3 Å². The van der Waals surface area contributed by atoms with E-state index in [9.17, 15) is 4.79 Å². The number of carbonyl (C=O) groups is 1. The van der Waals surface area contributed by atoms with Crippen molar-refractivity contribution >= 4 is 6.29 Å². The van der Waals surface area contributed by atoms with Gasteiger partial charge in [-0.05, 0) is 37.5 Å². The highest BCUT2D eigenvalue weighted by atomic mass is 16.5. The van der Waals surface area contributed by atoms with Gasteiger partial charge in [0.1, 0.15) is 5.75 Å². The van der Waals surface area contributed by atoms with Crippen molar-refractivity contribution in [2.24, 2.45) is 0 Å². The van der Waals surface area contributed by atoms with Crippen LogP contribution in [0.5, 0.6) is 5.75 Å². The molecule has 1 N–H and O–H groups in total. The summed E-state index contributed by atoms with van der Waals surface area (Å²) in [5.41, 5.74) is 1.81. The Bertz CT molecular complexity index is 403. The van der Waals surface area contributed by atoms with Gasteiger partial charge in [-0.15, -0.1) is 0 Å². The Balaban J connectivity index is 2.23. The molecule has 0 saturated carbocycles. The number of hydrogen-bond donors (Lipinski definition) is 1. The number of aldehydes is 1. The number of methoxy groups -OCH3 is 1. The molecule has 0 aromatic heterocycles. The number of ether oxygens (including phenoxy) is 1. The summed E-state index contributed by atoms with van der Waals surface area (Å²) >= 11 is 0. The Kier molecular flexibility index (Phi) is 3.79. The molecule has 1 heterocycles. The lowest BCUT2D eigenvalue weighted by molar-refractivity contribution is 0.112. The molecule has 1 aromatic rings. The summed E-state index contributed by atoms with van der Waals surface area (Å²) in [5, 5.41) is 3.56. The van der Waals surface area contributed by atoms with Crippen LogP contribution < -0.4 is 10.1 Å². The van der Waals surface area contributed by atoms with Crippen LogP contribution in [0, 0.1) is 0 Å². The van der Waals surface area contributed by atoms with E-state index >= 15 is 0 Å². The van der Waals surface area contributed by atoms with Crippen LogP contribution >= 0.6 is 0 Å². The Morgan fingerprint density at radius 2 is 2.24 bits per heavy atom. The minimum Gasteiger partial charge on any atom is -0.496 e. The summed E-state index contributed by atoms with van der Waals surface area (Å²) in [7, 11) is 1.59.